The zero-order chi connectivity index (χ0) is 52.1. The lowest BCUT2D eigenvalue weighted by atomic mass is 10.0. The summed E-state index contributed by atoms with van der Waals surface area (Å²) in [6.07, 6.45) is -2.43. The first kappa shape index (κ1) is 58.2. The van der Waals surface area contributed by atoms with Gasteiger partial charge in [-0.05, 0) is 62.6 Å². The molecule has 0 bridgehead atoms. The average molecular weight is 980 g/mol. The lowest BCUT2D eigenvalue weighted by Crippen LogP contribution is -2.60. The van der Waals surface area contributed by atoms with Crippen LogP contribution < -0.4 is 54.4 Å². The van der Waals surface area contributed by atoms with Gasteiger partial charge in [-0.25, -0.2) is 4.79 Å². The van der Waals surface area contributed by atoms with Crippen LogP contribution in [0.1, 0.15) is 71.3 Å². The highest BCUT2D eigenvalue weighted by Crippen LogP contribution is 2.20. The number of carboxylic acids is 1. The first-order chi connectivity index (χ1) is 32.4. The molecular weight excluding hydrogens is 915 g/mol. The summed E-state index contributed by atoms with van der Waals surface area (Å²) in [7, 11) is 0. The van der Waals surface area contributed by atoms with Gasteiger partial charge >= 0.3 is 5.97 Å². The number of likely N-dealkylation sites (tertiary alicyclic amines) is 1. The zero-order valence-corrected chi connectivity index (χ0v) is 38.5. The Hall–Kier alpha value is -6.97. The smallest absolute Gasteiger partial charge is 0.328 e. The normalized spacial score (nSPS) is 16.8. The molecule has 0 radical (unpaired) electrons. The Labute approximate surface area is 396 Å². The van der Waals surface area contributed by atoms with E-state index >= 15 is 0 Å². The summed E-state index contributed by atoms with van der Waals surface area (Å²) >= 11 is 0. The number of hydrogen-bond donors (Lipinski definition) is 15. The average Bonchev–Trinajstić information content (AvgIpc) is 3.78. The number of carbonyl (C=O) groups excluding carboxylic acids is 10. The van der Waals surface area contributed by atoms with E-state index in [0.717, 1.165) is 11.8 Å². The molecule has 1 aromatic rings. The number of nitrogens with two attached hydrogens (primary N) is 3. The summed E-state index contributed by atoms with van der Waals surface area (Å²) in [6, 6.07) is -6.43. The topological polar surface area (TPSA) is 454 Å². The van der Waals surface area contributed by atoms with E-state index < -0.39 is 146 Å². The van der Waals surface area contributed by atoms with Crippen LogP contribution in [0.15, 0.2) is 24.3 Å². The molecule has 1 fully saturated rings. The number of primary amides is 2. The van der Waals surface area contributed by atoms with Crippen molar-refractivity contribution in [2.45, 2.75) is 127 Å². The molecule has 0 unspecified atom stereocenters. The number of aliphatic hydroxyl groups is 3. The second kappa shape index (κ2) is 28.4. The molecule has 18 N–H and O–H groups in total. The summed E-state index contributed by atoms with van der Waals surface area (Å²) < 4.78 is 0. The monoisotopic (exact) mass is 979 g/mol. The van der Waals surface area contributed by atoms with Gasteiger partial charge in [-0.15, -0.1) is 0 Å². The number of benzene rings is 1. The van der Waals surface area contributed by atoms with Gasteiger partial charge in [-0.3, -0.25) is 47.9 Å². The van der Waals surface area contributed by atoms with E-state index in [1.807, 2.05) is 0 Å². The van der Waals surface area contributed by atoms with Gasteiger partial charge in [0.25, 0.3) is 0 Å². The molecule has 0 aliphatic carbocycles. The van der Waals surface area contributed by atoms with Crippen molar-refractivity contribution >= 4 is 65.0 Å². The van der Waals surface area contributed by atoms with Gasteiger partial charge in [0.05, 0.1) is 31.9 Å². The van der Waals surface area contributed by atoms with Crippen LogP contribution in [-0.4, -0.2) is 176 Å². The molecule has 9 atom stereocenters. The van der Waals surface area contributed by atoms with Gasteiger partial charge in [0.15, 0.2) is 6.04 Å². The predicted octanol–water partition coefficient (Wildman–Crippen LogP) is -6.69. The highest BCUT2D eigenvalue weighted by molar-refractivity contribution is 5.98. The molecule has 69 heavy (non-hydrogen) atoms. The first-order valence-corrected chi connectivity index (χ1v) is 22.0. The van der Waals surface area contributed by atoms with Crippen LogP contribution in [0.25, 0.3) is 0 Å². The Morgan fingerprint density at radius 2 is 1.25 bits per heavy atom. The Morgan fingerprint density at radius 3 is 1.80 bits per heavy atom. The largest absolute Gasteiger partial charge is 0.508 e. The number of carbonyl (C=O) groups is 11. The van der Waals surface area contributed by atoms with Crippen molar-refractivity contribution in [3.05, 3.63) is 29.8 Å². The van der Waals surface area contributed by atoms with Crippen molar-refractivity contribution in [3.63, 3.8) is 0 Å². The number of hydrogen-bond acceptors (Lipinski definition) is 16. The molecule has 0 saturated carbocycles. The maximum Gasteiger partial charge on any atom is 0.328 e. The number of carboxylic acid groups (broad SMARTS) is 1. The number of aliphatic carboxylic acids is 1. The zero-order valence-electron chi connectivity index (χ0n) is 38.5. The minimum atomic E-state index is -1.77. The fourth-order valence-electron chi connectivity index (χ4n) is 6.92. The molecule has 1 aliphatic heterocycles. The number of amides is 10. The quantitative estimate of drug-likeness (QED) is 0.0355. The number of aliphatic hydroxyl groups excluding tert-OH is 3. The number of aromatic hydroxyl groups is 1. The van der Waals surface area contributed by atoms with Crippen LogP contribution in [0.5, 0.6) is 5.75 Å². The SMILES string of the molecule is CC(C)C[C@H](NC(=O)[C@@H]1CCCN1C(=O)[C@H](CO)NC(=O)[C@H](CO)NC(=O)CNC(=O)[C@H](Cc1ccc(O)cc1)NC(=O)[C@H](CCC(N)=O)NC(=O)[C@@H](N)CCC(N)=O)C(=O)N[C@H](C(=O)O)[C@@H](C)O. The highest BCUT2D eigenvalue weighted by atomic mass is 16.4. The number of nitrogens with zero attached hydrogens (tertiary/aromatic N) is 1. The van der Waals surface area contributed by atoms with Crippen molar-refractivity contribution in [2.24, 2.45) is 23.1 Å². The van der Waals surface area contributed by atoms with E-state index in [4.69, 9.17) is 17.2 Å². The van der Waals surface area contributed by atoms with Gasteiger partial charge < -0.3 is 84.9 Å². The molecule has 1 aromatic carbocycles. The maximum atomic E-state index is 13.7. The van der Waals surface area contributed by atoms with Gasteiger partial charge in [0, 0.05) is 25.8 Å². The molecule has 0 aromatic heterocycles. The van der Waals surface area contributed by atoms with E-state index in [0.29, 0.717) is 12.0 Å². The first-order valence-electron chi connectivity index (χ1n) is 22.0. The predicted molar refractivity (Wildman–Crippen MR) is 239 cm³/mol. The van der Waals surface area contributed by atoms with E-state index in [9.17, 15) is 78.3 Å². The minimum Gasteiger partial charge on any atom is -0.508 e. The van der Waals surface area contributed by atoms with Crippen LogP contribution in [0, 0.1) is 5.92 Å². The molecule has 1 saturated heterocycles. The Kier molecular flexibility index (Phi) is 23.9. The molecule has 27 heteroatoms. The molecule has 10 amide bonds. The highest BCUT2D eigenvalue weighted by Gasteiger charge is 2.40. The van der Waals surface area contributed by atoms with Crippen LogP contribution in [-0.2, 0) is 59.2 Å². The fraction of sp³-hybridized carbons (Fsp3) is 0.595. The summed E-state index contributed by atoms with van der Waals surface area (Å²) in [5.41, 5.74) is 16.6. The third kappa shape index (κ3) is 19.7. The number of phenolic OH excluding ortho intramolecular Hbond substituents is 1. The Balaban J connectivity index is 2.17. The molecule has 2 rings (SSSR count). The van der Waals surface area contributed by atoms with Crippen molar-refractivity contribution in [1.29, 1.82) is 0 Å². The standard InChI is InChI=1S/C42H65N11O16/c1-20(2)15-26(38(64)52-34(21(3)56)42(68)69)50-40(66)30-5-4-14-53(30)41(67)29(19-55)51-39(65)28(18-54)47-33(60)17-46-36(62)27(16-22-6-8-23(57)9-7-22)49-37(63)25(11-13-32(45)59)48-35(61)24(43)10-12-31(44)58/h6-9,20-21,24-30,34,54-57H,4-5,10-19,43H2,1-3H3,(H2,44,58)(H2,45,59)(H,46,62)(H,47,60)(H,48,61)(H,49,63)(H,50,66)(H,51,65)(H,52,64)(H,68,69)/t21-,24+,25+,26+,27+,28+,29+,30+,34+/m1/s1. The van der Waals surface area contributed by atoms with Crippen molar-refractivity contribution in [3.8, 4) is 5.75 Å². The number of phenols is 1. The molecule has 27 nitrogen and oxygen atoms in total. The van der Waals surface area contributed by atoms with Crippen LogP contribution >= 0.6 is 0 Å². The molecular formula is C42H65N11O16. The second-order valence-corrected chi connectivity index (χ2v) is 16.8. The molecule has 1 heterocycles. The van der Waals surface area contributed by atoms with Gasteiger partial charge in [0.1, 0.15) is 42.0 Å². The minimum absolute atomic E-state index is 0.0171. The third-order valence-electron chi connectivity index (χ3n) is 10.6. The Morgan fingerprint density at radius 1 is 0.696 bits per heavy atom. The molecule has 384 valence electrons. The molecule has 0 spiro atoms. The summed E-state index contributed by atoms with van der Waals surface area (Å²) in [6.45, 7) is 1.71. The van der Waals surface area contributed by atoms with E-state index in [1.54, 1.807) is 13.8 Å². The van der Waals surface area contributed by atoms with E-state index in [1.165, 1.54) is 24.3 Å². The second-order valence-electron chi connectivity index (χ2n) is 16.8. The summed E-state index contributed by atoms with van der Waals surface area (Å²) in [5, 5.41) is 65.3. The van der Waals surface area contributed by atoms with Gasteiger partial charge in [0.2, 0.25) is 59.1 Å². The van der Waals surface area contributed by atoms with Crippen molar-refractivity contribution in [2.75, 3.05) is 26.3 Å². The maximum absolute atomic E-state index is 13.7. The van der Waals surface area contributed by atoms with E-state index in [-0.39, 0.29) is 56.7 Å². The fourth-order valence-corrected chi connectivity index (χ4v) is 6.92. The van der Waals surface area contributed by atoms with Crippen LogP contribution in [0.2, 0.25) is 0 Å². The van der Waals surface area contributed by atoms with E-state index in [2.05, 4.69) is 37.2 Å². The lowest BCUT2D eigenvalue weighted by Gasteiger charge is -2.30. The summed E-state index contributed by atoms with van der Waals surface area (Å²) in [5.74, 6) is -11.1. The number of rotatable bonds is 29. The van der Waals surface area contributed by atoms with Gasteiger partial charge in [-0.2, -0.15) is 0 Å². The van der Waals surface area contributed by atoms with Gasteiger partial charge in [-0.1, -0.05) is 26.0 Å². The van der Waals surface area contributed by atoms with Crippen LogP contribution in [0.3, 0.4) is 0 Å². The lowest BCUT2D eigenvalue weighted by molar-refractivity contribution is -0.146. The summed E-state index contributed by atoms with van der Waals surface area (Å²) in [4.78, 5) is 142. The van der Waals surface area contributed by atoms with Crippen molar-refractivity contribution in [1.82, 2.24) is 42.1 Å². The molecule has 1 aliphatic rings. The third-order valence-corrected chi connectivity index (χ3v) is 10.6. The Bertz CT molecular complexity index is 2000. The van der Waals surface area contributed by atoms with Crippen LogP contribution in [0.4, 0.5) is 0 Å². The van der Waals surface area contributed by atoms with Crippen molar-refractivity contribution < 1.29 is 78.3 Å². The number of nitrogens with one attached hydrogen (secondary N) is 7.